The molecule has 0 fully saturated rings. The third-order valence-electron chi connectivity index (χ3n) is 3.35. The van der Waals surface area contributed by atoms with E-state index in [0.29, 0.717) is 11.7 Å². The SMILES string of the molecule is CCC(C)c1ccc(Oc2cc(F)cc(F)c2N)cc1. The van der Waals surface area contributed by atoms with Gasteiger partial charge in [0.25, 0.3) is 0 Å². The molecule has 0 radical (unpaired) electrons. The Hall–Kier alpha value is -2.10. The highest BCUT2D eigenvalue weighted by Crippen LogP contribution is 2.31. The number of ether oxygens (including phenoxy) is 1. The highest BCUT2D eigenvalue weighted by Gasteiger charge is 2.10. The molecule has 0 bridgehead atoms. The number of benzene rings is 2. The first-order valence-corrected chi connectivity index (χ1v) is 6.53. The van der Waals surface area contributed by atoms with Gasteiger partial charge in [-0.3, -0.25) is 0 Å². The summed E-state index contributed by atoms with van der Waals surface area (Å²) in [5.74, 6) is -0.604. The van der Waals surface area contributed by atoms with Gasteiger partial charge in [0.15, 0.2) is 11.6 Å². The quantitative estimate of drug-likeness (QED) is 0.810. The fourth-order valence-electron chi connectivity index (χ4n) is 1.87. The van der Waals surface area contributed by atoms with E-state index >= 15 is 0 Å². The maximum absolute atomic E-state index is 13.3. The van der Waals surface area contributed by atoms with Crippen LogP contribution in [0.3, 0.4) is 0 Å². The van der Waals surface area contributed by atoms with Gasteiger partial charge in [-0.2, -0.15) is 0 Å². The molecule has 20 heavy (non-hydrogen) atoms. The van der Waals surface area contributed by atoms with E-state index < -0.39 is 11.6 Å². The zero-order valence-electron chi connectivity index (χ0n) is 11.5. The minimum Gasteiger partial charge on any atom is -0.455 e. The largest absolute Gasteiger partial charge is 0.455 e. The molecule has 2 aromatic carbocycles. The van der Waals surface area contributed by atoms with Crippen molar-refractivity contribution < 1.29 is 13.5 Å². The van der Waals surface area contributed by atoms with Crippen LogP contribution in [-0.2, 0) is 0 Å². The minimum atomic E-state index is -0.823. The fourth-order valence-corrected chi connectivity index (χ4v) is 1.87. The van der Waals surface area contributed by atoms with E-state index in [1.165, 1.54) is 5.56 Å². The maximum atomic E-state index is 13.3. The molecule has 4 heteroatoms. The van der Waals surface area contributed by atoms with Crippen LogP contribution in [0.15, 0.2) is 36.4 Å². The van der Waals surface area contributed by atoms with E-state index in [2.05, 4.69) is 13.8 Å². The summed E-state index contributed by atoms with van der Waals surface area (Å²) in [6.45, 7) is 4.25. The normalized spacial score (nSPS) is 12.2. The molecule has 0 spiro atoms. The summed E-state index contributed by atoms with van der Waals surface area (Å²) in [7, 11) is 0. The Morgan fingerprint density at radius 3 is 2.40 bits per heavy atom. The maximum Gasteiger partial charge on any atom is 0.156 e. The average Bonchev–Trinajstić information content (AvgIpc) is 2.44. The molecule has 0 heterocycles. The van der Waals surface area contributed by atoms with Crippen molar-refractivity contribution in [3.63, 3.8) is 0 Å². The van der Waals surface area contributed by atoms with E-state index in [-0.39, 0.29) is 11.4 Å². The van der Waals surface area contributed by atoms with Crippen LogP contribution in [0.1, 0.15) is 31.7 Å². The van der Waals surface area contributed by atoms with Crippen molar-refractivity contribution >= 4 is 5.69 Å². The molecule has 2 N–H and O–H groups in total. The lowest BCUT2D eigenvalue weighted by Crippen LogP contribution is -1.97. The van der Waals surface area contributed by atoms with Crippen molar-refractivity contribution in [3.05, 3.63) is 53.6 Å². The molecule has 0 amide bonds. The van der Waals surface area contributed by atoms with Crippen molar-refractivity contribution in [1.82, 2.24) is 0 Å². The molecule has 0 saturated heterocycles. The zero-order chi connectivity index (χ0) is 14.7. The molecule has 0 saturated carbocycles. The molecular formula is C16H17F2NO. The molecule has 2 rings (SSSR count). The van der Waals surface area contributed by atoms with Crippen LogP contribution >= 0.6 is 0 Å². The van der Waals surface area contributed by atoms with Gasteiger partial charge in [-0.25, -0.2) is 8.78 Å². The molecule has 1 unspecified atom stereocenters. The first-order valence-electron chi connectivity index (χ1n) is 6.53. The second kappa shape index (κ2) is 5.90. The van der Waals surface area contributed by atoms with E-state index in [4.69, 9.17) is 10.5 Å². The number of rotatable bonds is 4. The Kier molecular flexibility index (Phi) is 4.23. The third-order valence-corrected chi connectivity index (χ3v) is 3.35. The topological polar surface area (TPSA) is 35.2 Å². The number of halogens is 2. The summed E-state index contributed by atoms with van der Waals surface area (Å²) < 4.78 is 31.9. The van der Waals surface area contributed by atoms with Crippen LogP contribution in [-0.4, -0.2) is 0 Å². The predicted molar refractivity (Wildman–Crippen MR) is 76.0 cm³/mol. The second-order valence-corrected chi connectivity index (χ2v) is 4.78. The summed E-state index contributed by atoms with van der Waals surface area (Å²) in [6, 6.07) is 9.22. The molecule has 0 aliphatic rings. The summed E-state index contributed by atoms with van der Waals surface area (Å²) in [4.78, 5) is 0. The Morgan fingerprint density at radius 2 is 1.80 bits per heavy atom. The van der Waals surface area contributed by atoms with Gasteiger partial charge < -0.3 is 10.5 Å². The molecule has 1 atom stereocenters. The summed E-state index contributed by atoms with van der Waals surface area (Å²) in [6.07, 6.45) is 1.04. The van der Waals surface area contributed by atoms with Crippen LogP contribution in [0.5, 0.6) is 11.5 Å². The van der Waals surface area contributed by atoms with Gasteiger partial charge in [0, 0.05) is 12.1 Å². The summed E-state index contributed by atoms with van der Waals surface area (Å²) >= 11 is 0. The van der Waals surface area contributed by atoms with Crippen molar-refractivity contribution in [1.29, 1.82) is 0 Å². The average molecular weight is 277 g/mol. The second-order valence-electron chi connectivity index (χ2n) is 4.78. The van der Waals surface area contributed by atoms with Gasteiger partial charge in [-0.05, 0) is 30.0 Å². The number of anilines is 1. The molecule has 0 aromatic heterocycles. The number of hydrogen-bond donors (Lipinski definition) is 1. The van der Waals surface area contributed by atoms with E-state index in [1.54, 1.807) is 12.1 Å². The van der Waals surface area contributed by atoms with Crippen molar-refractivity contribution in [2.45, 2.75) is 26.2 Å². The lowest BCUT2D eigenvalue weighted by molar-refractivity contribution is 0.471. The molecule has 0 aliphatic heterocycles. The molecule has 0 aliphatic carbocycles. The van der Waals surface area contributed by atoms with Gasteiger partial charge in [-0.15, -0.1) is 0 Å². The molecule has 2 nitrogen and oxygen atoms in total. The molecule has 2 aromatic rings. The number of hydrogen-bond acceptors (Lipinski definition) is 2. The Bertz CT molecular complexity index is 596. The standard InChI is InChI=1S/C16H17F2NO/c1-3-10(2)11-4-6-13(7-5-11)20-15-9-12(17)8-14(18)16(15)19/h4-10H,3,19H2,1-2H3. The van der Waals surface area contributed by atoms with Crippen LogP contribution in [0.4, 0.5) is 14.5 Å². The van der Waals surface area contributed by atoms with E-state index in [0.717, 1.165) is 18.6 Å². The van der Waals surface area contributed by atoms with E-state index in [1.807, 2.05) is 12.1 Å². The third kappa shape index (κ3) is 3.07. The van der Waals surface area contributed by atoms with E-state index in [9.17, 15) is 8.78 Å². The fraction of sp³-hybridized carbons (Fsp3) is 0.250. The smallest absolute Gasteiger partial charge is 0.156 e. The summed E-state index contributed by atoms with van der Waals surface area (Å²) in [5.41, 5.74) is 6.53. The monoisotopic (exact) mass is 277 g/mol. The van der Waals surface area contributed by atoms with Gasteiger partial charge in [-0.1, -0.05) is 26.0 Å². The van der Waals surface area contributed by atoms with Gasteiger partial charge in [0.2, 0.25) is 0 Å². The predicted octanol–water partition coefficient (Wildman–Crippen LogP) is 4.85. The van der Waals surface area contributed by atoms with Crippen LogP contribution in [0.2, 0.25) is 0 Å². The van der Waals surface area contributed by atoms with Crippen molar-refractivity contribution in [3.8, 4) is 11.5 Å². The number of nitrogen functional groups attached to an aromatic ring is 1. The molecular weight excluding hydrogens is 260 g/mol. The Balaban J connectivity index is 2.22. The van der Waals surface area contributed by atoms with Crippen LogP contribution in [0.25, 0.3) is 0 Å². The minimum absolute atomic E-state index is 0.0150. The highest BCUT2D eigenvalue weighted by molar-refractivity contribution is 5.55. The van der Waals surface area contributed by atoms with Crippen molar-refractivity contribution in [2.24, 2.45) is 0 Å². The lowest BCUT2D eigenvalue weighted by Gasteiger charge is -2.12. The highest BCUT2D eigenvalue weighted by atomic mass is 19.1. The van der Waals surface area contributed by atoms with Gasteiger partial charge in [0.05, 0.1) is 0 Å². The lowest BCUT2D eigenvalue weighted by atomic mass is 9.99. The van der Waals surface area contributed by atoms with Crippen LogP contribution in [0, 0.1) is 11.6 Å². The first-order chi connectivity index (χ1) is 9.51. The van der Waals surface area contributed by atoms with Gasteiger partial charge in [0.1, 0.15) is 17.3 Å². The first kappa shape index (κ1) is 14.3. The zero-order valence-corrected chi connectivity index (χ0v) is 11.5. The Morgan fingerprint density at radius 1 is 1.15 bits per heavy atom. The van der Waals surface area contributed by atoms with Gasteiger partial charge >= 0.3 is 0 Å². The van der Waals surface area contributed by atoms with Crippen molar-refractivity contribution in [2.75, 3.05) is 5.73 Å². The summed E-state index contributed by atoms with van der Waals surface area (Å²) in [5, 5.41) is 0. The number of nitrogens with two attached hydrogens (primary N) is 1. The Labute approximate surface area is 117 Å². The van der Waals surface area contributed by atoms with Crippen LogP contribution < -0.4 is 10.5 Å². The molecule has 106 valence electrons.